The zero-order valence-corrected chi connectivity index (χ0v) is 13.3. The molecule has 0 bridgehead atoms. The van der Waals surface area contributed by atoms with E-state index in [1.54, 1.807) is 18.3 Å². The smallest absolute Gasteiger partial charge is 0.188 e. The largest absolute Gasteiger partial charge is 0.455 e. The fourth-order valence-electron chi connectivity index (χ4n) is 1.83. The molecular formula is C15H16BrN3O2. The van der Waals surface area contributed by atoms with Crippen molar-refractivity contribution < 1.29 is 9.94 Å². The summed E-state index contributed by atoms with van der Waals surface area (Å²) >= 11 is 3.46. The van der Waals surface area contributed by atoms with E-state index in [2.05, 4.69) is 39.9 Å². The summed E-state index contributed by atoms with van der Waals surface area (Å²) in [5, 5.41) is 11.5. The Labute approximate surface area is 131 Å². The summed E-state index contributed by atoms with van der Waals surface area (Å²) in [4.78, 5) is 4.09. The maximum atomic E-state index is 8.60. The molecule has 6 heteroatoms. The van der Waals surface area contributed by atoms with E-state index in [1.165, 1.54) is 0 Å². The van der Waals surface area contributed by atoms with Crippen molar-refractivity contribution in [2.75, 3.05) is 0 Å². The summed E-state index contributed by atoms with van der Waals surface area (Å²) in [6.07, 6.45) is 1.54. The Hall–Kier alpha value is -2.08. The number of hydrogen-bond acceptors (Lipinski definition) is 4. The Morgan fingerprint density at radius 3 is 2.67 bits per heavy atom. The van der Waals surface area contributed by atoms with E-state index in [0.717, 1.165) is 15.8 Å². The van der Waals surface area contributed by atoms with Gasteiger partial charge in [0.05, 0.1) is 6.20 Å². The second-order valence-electron chi connectivity index (χ2n) is 4.80. The molecule has 5 nitrogen and oxygen atoms in total. The summed E-state index contributed by atoms with van der Waals surface area (Å²) in [5.74, 6) is 1.68. The van der Waals surface area contributed by atoms with E-state index in [-0.39, 0.29) is 5.84 Å². The molecule has 0 aliphatic heterocycles. The number of ether oxygens (including phenoxy) is 1. The summed E-state index contributed by atoms with van der Waals surface area (Å²) in [6, 6.07) is 9.25. The molecule has 110 valence electrons. The molecule has 2 rings (SSSR count). The van der Waals surface area contributed by atoms with Crippen molar-refractivity contribution >= 4 is 21.8 Å². The number of rotatable bonds is 4. The van der Waals surface area contributed by atoms with Gasteiger partial charge in [0.2, 0.25) is 0 Å². The summed E-state index contributed by atoms with van der Waals surface area (Å²) in [5.41, 5.74) is 6.96. The van der Waals surface area contributed by atoms with Crippen LogP contribution >= 0.6 is 15.9 Å². The minimum absolute atomic E-state index is 0.0342. The highest BCUT2D eigenvalue weighted by Crippen LogP contribution is 2.32. The molecule has 0 atom stereocenters. The lowest BCUT2D eigenvalue weighted by Gasteiger charge is -2.14. The maximum Gasteiger partial charge on any atom is 0.188 e. The van der Waals surface area contributed by atoms with Crippen molar-refractivity contribution in [2.24, 2.45) is 10.9 Å². The maximum absolute atomic E-state index is 8.60. The number of aromatic nitrogens is 1. The molecule has 0 saturated heterocycles. The van der Waals surface area contributed by atoms with Gasteiger partial charge in [-0.3, -0.25) is 0 Å². The van der Waals surface area contributed by atoms with E-state index in [0.29, 0.717) is 17.4 Å². The number of nitrogens with zero attached hydrogens (tertiary/aromatic N) is 2. The fourth-order valence-corrected chi connectivity index (χ4v) is 2.21. The van der Waals surface area contributed by atoms with E-state index in [4.69, 9.17) is 15.7 Å². The lowest BCUT2D eigenvalue weighted by molar-refractivity contribution is 0.318. The SMILES string of the molecule is CC(C)c1cc(Br)ccc1Oc1ccc(/C(N)=N/O)nc1. The van der Waals surface area contributed by atoms with Crippen LogP contribution in [0.3, 0.4) is 0 Å². The molecule has 1 heterocycles. The van der Waals surface area contributed by atoms with Gasteiger partial charge in [0.25, 0.3) is 0 Å². The van der Waals surface area contributed by atoms with Crippen LogP contribution in [0.25, 0.3) is 0 Å². The molecular weight excluding hydrogens is 334 g/mol. The second-order valence-corrected chi connectivity index (χ2v) is 5.72. The molecule has 0 amide bonds. The van der Waals surface area contributed by atoms with E-state index in [1.807, 2.05) is 18.2 Å². The molecule has 0 aliphatic rings. The zero-order valence-electron chi connectivity index (χ0n) is 11.7. The average molecular weight is 350 g/mol. The molecule has 21 heavy (non-hydrogen) atoms. The van der Waals surface area contributed by atoms with Crippen molar-refractivity contribution in [2.45, 2.75) is 19.8 Å². The Morgan fingerprint density at radius 1 is 1.33 bits per heavy atom. The van der Waals surface area contributed by atoms with Crippen LogP contribution in [0.2, 0.25) is 0 Å². The number of benzene rings is 1. The minimum Gasteiger partial charge on any atom is -0.455 e. The van der Waals surface area contributed by atoms with Crippen molar-refractivity contribution in [3.05, 3.63) is 52.3 Å². The highest BCUT2D eigenvalue weighted by atomic mass is 79.9. The third-order valence-corrected chi connectivity index (χ3v) is 3.42. The highest BCUT2D eigenvalue weighted by molar-refractivity contribution is 9.10. The lowest BCUT2D eigenvalue weighted by Crippen LogP contribution is -2.14. The third kappa shape index (κ3) is 3.72. The number of halogens is 1. The van der Waals surface area contributed by atoms with Crippen LogP contribution < -0.4 is 10.5 Å². The van der Waals surface area contributed by atoms with Crippen LogP contribution in [-0.2, 0) is 0 Å². The van der Waals surface area contributed by atoms with Gasteiger partial charge in [-0.1, -0.05) is 34.9 Å². The van der Waals surface area contributed by atoms with Crippen molar-refractivity contribution in [3.8, 4) is 11.5 Å². The van der Waals surface area contributed by atoms with Gasteiger partial charge in [-0.25, -0.2) is 4.98 Å². The number of hydrogen-bond donors (Lipinski definition) is 2. The normalized spacial score (nSPS) is 11.7. The molecule has 0 aliphatic carbocycles. The van der Waals surface area contributed by atoms with Gasteiger partial charge in [-0.15, -0.1) is 0 Å². The monoisotopic (exact) mass is 349 g/mol. The minimum atomic E-state index is -0.0342. The second kappa shape index (κ2) is 6.58. The van der Waals surface area contributed by atoms with Crippen LogP contribution in [0.15, 0.2) is 46.2 Å². The van der Waals surface area contributed by atoms with Crippen LogP contribution in [-0.4, -0.2) is 16.0 Å². The van der Waals surface area contributed by atoms with Gasteiger partial charge < -0.3 is 15.7 Å². The molecule has 0 unspecified atom stereocenters. The highest BCUT2D eigenvalue weighted by Gasteiger charge is 2.10. The number of pyridine rings is 1. The summed E-state index contributed by atoms with van der Waals surface area (Å²) < 4.78 is 6.88. The predicted octanol–water partition coefficient (Wildman–Crippen LogP) is 3.85. The van der Waals surface area contributed by atoms with Gasteiger partial charge in [0, 0.05) is 4.47 Å². The molecule has 0 saturated carbocycles. The average Bonchev–Trinajstić information content (AvgIpc) is 2.49. The Kier molecular flexibility index (Phi) is 4.80. The van der Waals surface area contributed by atoms with Crippen LogP contribution in [0.4, 0.5) is 0 Å². The standard InChI is InChI=1S/C15H16BrN3O2/c1-9(2)12-7-10(16)3-6-14(12)21-11-4-5-13(18-8-11)15(17)19-20/h3-9,20H,1-2H3,(H2,17,19). The molecule has 1 aromatic heterocycles. The van der Waals surface area contributed by atoms with Crippen LogP contribution in [0.5, 0.6) is 11.5 Å². The Bertz CT molecular complexity index is 654. The number of oxime groups is 1. The molecule has 0 spiro atoms. The molecule has 3 N–H and O–H groups in total. The topological polar surface area (TPSA) is 80.7 Å². The quantitative estimate of drug-likeness (QED) is 0.380. The zero-order chi connectivity index (χ0) is 15.4. The molecule has 2 aromatic rings. The first kappa shape index (κ1) is 15.3. The summed E-state index contributed by atoms with van der Waals surface area (Å²) in [6.45, 7) is 4.21. The molecule has 0 radical (unpaired) electrons. The first-order valence-electron chi connectivity index (χ1n) is 6.42. The van der Waals surface area contributed by atoms with E-state index in [9.17, 15) is 0 Å². The summed E-state index contributed by atoms with van der Waals surface area (Å²) in [7, 11) is 0. The van der Waals surface area contributed by atoms with Crippen molar-refractivity contribution in [3.63, 3.8) is 0 Å². The van der Waals surface area contributed by atoms with Gasteiger partial charge in [0.15, 0.2) is 5.84 Å². The first-order chi connectivity index (χ1) is 10.0. The Morgan fingerprint density at radius 2 is 2.10 bits per heavy atom. The van der Waals surface area contributed by atoms with Gasteiger partial charge in [-0.05, 0) is 41.8 Å². The number of amidine groups is 1. The van der Waals surface area contributed by atoms with Gasteiger partial charge >= 0.3 is 0 Å². The van der Waals surface area contributed by atoms with E-state index >= 15 is 0 Å². The fraction of sp³-hybridized carbons (Fsp3) is 0.200. The van der Waals surface area contributed by atoms with Crippen LogP contribution in [0.1, 0.15) is 31.0 Å². The predicted molar refractivity (Wildman–Crippen MR) is 85.1 cm³/mol. The molecule has 0 fully saturated rings. The van der Waals surface area contributed by atoms with E-state index < -0.39 is 0 Å². The molecule has 1 aromatic carbocycles. The first-order valence-corrected chi connectivity index (χ1v) is 7.22. The van der Waals surface area contributed by atoms with Crippen molar-refractivity contribution in [1.82, 2.24) is 4.98 Å². The van der Waals surface area contributed by atoms with Gasteiger partial charge in [0.1, 0.15) is 17.2 Å². The Balaban J connectivity index is 2.26. The number of nitrogens with two attached hydrogens (primary N) is 1. The van der Waals surface area contributed by atoms with Crippen molar-refractivity contribution in [1.29, 1.82) is 0 Å². The van der Waals surface area contributed by atoms with Crippen LogP contribution in [0, 0.1) is 0 Å². The lowest BCUT2D eigenvalue weighted by atomic mass is 10.0. The third-order valence-electron chi connectivity index (χ3n) is 2.93. The van der Waals surface area contributed by atoms with Gasteiger partial charge in [-0.2, -0.15) is 0 Å².